The van der Waals surface area contributed by atoms with Crippen LogP contribution in [0.3, 0.4) is 0 Å². The predicted molar refractivity (Wildman–Crippen MR) is 109 cm³/mol. The number of carbonyl (C=O) groups is 1. The van der Waals surface area contributed by atoms with E-state index in [0.717, 1.165) is 32.3 Å². The summed E-state index contributed by atoms with van der Waals surface area (Å²) in [6.45, 7) is 0. The zero-order valence-electron chi connectivity index (χ0n) is 13.7. The monoisotopic (exact) mass is 375 g/mol. The van der Waals surface area contributed by atoms with Crippen molar-refractivity contribution in [1.29, 1.82) is 0 Å². The lowest BCUT2D eigenvalue weighted by Gasteiger charge is -2.02. The number of rotatable bonds is 4. The van der Waals surface area contributed by atoms with Crippen molar-refractivity contribution in [2.24, 2.45) is 0 Å². The first-order valence-electron chi connectivity index (χ1n) is 8.14. The first-order chi connectivity index (χ1) is 12.7. The lowest BCUT2D eigenvalue weighted by Crippen LogP contribution is -1.88. The quantitative estimate of drug-likeness (QED) is 0.380. The molecule has 26 heavy (non-hydrogen) atoms. The van der Waals surface area contributed by atoms with Gasteiger partial charge in [-0.3, -0.25) is 4.79 Å². The molecule has 0 N–H and O–H groups in total. The largest absolute Gasteiger partial charge is 0.276 e. The van der Waals surface area contributed by atoms with Crippen LogP contribution in [-0.4, -0.2) is 10.2 Å². The zero-order chi connectivity index (χ0) is 17.9. The van der Waals surface area contributed by atoms with Gasteiger partial charge >= 0.3 is 0 Å². The molecule has 4 heteroatoms. The zero-order valence-corrected chi connectivity index (χ0v) is 15.3. The van der Waals surface area contributed by atoms with Gasteiger partial charge in [-0.15, -0.1) is 11.3 Å². The second-order valence-electron chi connectivity index (χ2n) is 5.78. The van der Waals surface area contributed by atoms with Gasteiger partial charge in [-0.25, -0.2) is 4.98 Å². The summed E-state index contributed by atoms with van der Waals surface area (Å²) < 4.78 is 0. The fraction of sp³-hybridized carbons (Fsp3) is 0. The van der Waals surface area contributed by atoms with Crippen LogP contribution in [0.4, 0.5) is 0 Å². The average molecular weight is 376 g/mol. The van der Waals surface area contributed by atoms with Crippen molar-refractivity contribution in [3.63, 3.8) is 0 Å². The molecule has 4 rings (SSSR count). The van der Waals surface area contributed by atoms with Crippen molar-refractivity contribution in [2.75, 3.05) is 0 Å². The molecule has 0 radical (unpaired) electrons. The fourth-order valence-electron chi connectivity index (χ4n) is 2.79. The van der Waals surface area contributed by atoms with Crippen molar-refractivity contribution in [1.82, 2.24) is 4.98 Å². The van der Waals surface area contributed by atoms with Gasteiger partial charge in [0, 0.05) is 16.7 Å². The average Bonchev–Trinajstić information content (AvgIpc) is 3.15. The summed E-state index contributed by atoms with van der Waals surface area (Å²) in [5.41, 5.74) is 4.50. The molecule has 0 aliphatic carbocycles. The fourth-order valence-corrected chi connectivity index (χ4v) is 4.00. The molecule has 126 valence electrons. The van der Waals surface area contributed by atoms with Crippen LogP contribution in [0.1, 0.15) is 10.4 Å². The molecule has 0 aliphatic rings. The maximum atomic E-state index is 11.5. The molecule has 0 bridgehead atoms. The maximum absolute atomic E-state index is 11.5. The Labute approximate surface area is 160 Å². The van der Waals surface area contributed by atoms with Crippen LogP contribution in [-0.2, 0) is 0 Å². The van der Waals surface area contributed by atoms with Gasteiger partial charge in [0.1, 0.15) is 5.01 Å². The van der Waals surface area contributed by atoms with Gasteiger partial charge in [-0.2, -0.15) is 0 Å². The van der Waals surface area contributed by atoms with E-state index >= 15 is 0 Å². The van der Waals surface area contributed by atoms with E-state index in [-0.39, 0.29) is 0 Å². The summed E-state index contributed by atoms with van der Waals surface area (Å²) in [5.74, 6) is 0. The lowest BCUT2D eigenvalue weighted by molar-refractivity contribution is 0.108. The van der Waals surface area contributed by atoms with Crippen molar-refractivity contribution in [3.8, 4) is 32.3 Å². The molecule has 1 aromatic heterocycles. The minimum atomic E-state index is -0.463. The number of halogens is 1. The van der Waals surface area contributed by atoms with Crippen LogP contribution >= 0.6 is 22.9 Å². The summed E-state index contributed by atoms with van der Waals surface area (Å²) in [5, 5.41) is 0.400. The number of hydrogen-bond donors (Lipinski definition) is 0. The highest BCUT2D eigenvalue weighted by atomic mass is 35.5. The highest BCUT2D eigenvalue weighted by molar-refractivity contribution is 7.19. The lowest BCUT2D eigenvalue weighted by atomic mass is 10.1. The van der Waals surface area contributed by atoms with Crippen molar-refractivity contribution in [3.05, 3.63) is 90.5 Å². The van der Waals surface area contributed by atoms with E-state index in [9.17, 15) is 4.79 Å². The van der Waals surface area contributed by atoms with Gasteiger partial charge in [0.05, 0.1) is 10.6 Å². The Morgan fingerprint density at radius 2 is 1.38 bits per heavy atom. The van der Waals surface area contributed by atoms with E-state index in [1.54, 1.807) is 23.5 Å². The van der Waals surface area contributed by atoms with E-state index < -0.39 is 5.24 Å². The number of thiazole rings is 1. The smallest absolute Gasteiger partial charge is 0.252 e. The molecular weight excluding hydrogens is 362 g/mol. The third-order valence-electron chi connectivity index (χ3n) is 4.05. The van der Waals surface area contributed by atoms with Gasteiger partial charge < -0.3 is 0 Å². The van der Waals surface area contributed by atoms with Crippen LogP contribution in [0.2, 0.25) is 0 Å². The Hall–Kier alpha value is -2.75. The molecule has 0 saturated heterocycles. The van der Waals surface area contributed by atoms with Gasteiger partial charge in [0.2, 0.25) is 0 Å². The summed E-state index contributed by atoms with van der Waals surface area (Å²) in [4.78, 5) is 17.5. The first kappa shape index (κ1) is 16.7. The number of nitrogens with zero attached hydrogens (tertiary/aromatic N) is 1. The second-order valence-corrected chi connectivity index (χ2v) is 7.13. The molecule has 0 fully saturated rings. The molecule has 0 saturated carbocycles. The highest BCUT2D eigenvalue weighted by Crippen LogP contribution is 2.40. The SMILES string of the molecule is O=C(Cl)c1cccc(-c2nc(-c3ccccc3)c(-c3ccccc3)s2)c1. The molecule has 0 unspecified atom stereocenters. The van der Waals surface area contributed by atoms with E-state index in [1.165, 1.54) is 0 Å². The maximum Gasteiger partial charge on any atom is 0.252 e. The van der Waals surface area contributed by atoms with Crippen LogP contribution < -0.4 is 0 Å². The molecule has 0 amide bonds. The normalized spacial score (nSPS) is 10.7. The van der Waals surface area contributed by atoms with Gasteiger partial charge in [0.15, 0.2) is 0 Å². The molecule has 3 aromatic carbocycles. The third kappa shape index (κ3) is 3.32. The Kier molecular flexibility index (Phi) is 4.65. The first-order valence-corrected chi connectivity index (χ1v) is 9.34. The Balaban J connectivity index is 1.89. The minimum absolute atomic E-state index is 0.463. The van der Waals surface area contributed by atoms with Gasteiger partial charge in [-0.1, -0.05) is 78.9 Å². The summed E-state index contributed by atoms with van der Waals surface area (Å²) in [7, 11) is 0. The molecule has 1 heterocycles. The third-order valence-corrected chi connectivity index (χ3v) is 5.42. The molecular formula is C22H14ClNOS. The molecule has 0 spiro atoms. The van der Waals surface area contributed by atoms with Crippen LogP contribution in [0.5, 0.6) is 0 Å². The molecule has 2 nitrogen and oxygen atoms in total. The highest BCUT2D eigenvalue weighted by Gasteiger charge is 2.16. The molecule has 4 aromatic rings. The summed E-state index contributed by atoms with van der Waals surface area (Å²) >= 11 is 7.25. The number of carbonyl (C=O) groups excluding carboxylic acids is 1. The standard InChI is InChI=1S/C22H14ClNOS/c23-21(25)17-12-7-13-18(14-17)22-24-19(15-8-3-1-4-9-15)20(26-22)16-10-5-2-6-11-16/h1-14H. The van der Waals surface area contributed by atoms with Crippen LogP contribution in [0.15, 0.2) is 84.9 Å². The number of aromatic nitrogens is 1. The van der Waals surface area contributed by atoms with E-state index in [2.05, 4.69) is 24.3 Å². The van der Waals surface area contributed by atoms with Gasteiger partial charge in [0.25, 0.3) is 5.24 Å². The summed E-state index contributed by atoms with van der Waals surface area (Å²) in [6, 6.07) is 27.6. The van der Waals surface area contributed by atoms with Crippen molar-refractivity contribution < 1.29 is 4.79 Å². The van der Waals surface area contributed by atoms with Gasteiger partial charge in [-0.05, 0) is 23.2 Å². The minimum Gasteiger partial charge on any atom is -0.276 e. The van der Waals surface area contributed by atoms with Crippen LogP contribution in [0, 0.1) is 0 Å². The van der Waals surface area contributed by atoms with E-state index in [1.807, 2.05) is 48.5 Å². The Morgan fingerprint density at radius 1 is 0.769 bits per heavy atom. The second kappa shape index (κ2) is 7.24. The van der Waals surface area contributed by atoms with Crippen LogP contribution in [0.25, 0.3) is 32.3 Å². The molecule has 0 atom stereocenters. The molecule has 0 aliphatic heterocycles. The Bertz CT molecular complexity index is 1000. The van der Waals surface area contributed by atoms with E-state index in [4.69, 9.17) is 16.6 Å². The van der Waals surface area contributed by atoms with E-state index in [0.29, 0.717) is 5.56 Å². The summed E-state index contributed by atoms with van der Waals surface area (Å²) in [6.07, 6.45) is 0. The topological polar surface area (TPSA) is 30.0 Å². The van der Waals surface area contributed by atoms with Crippen molar-refractivity contribution >= 4 is 28.2 Å². The number of hydrogen-bond acceptors (Lipinski definition) is 3. The predicted octanol–water partition coefficient (Wildman–Crippen LogP) is 6.52. The van der Waals surface area contributed by atoms with Crippen molar-refractivity contribution in [2.45, 2.75) is 0 Å². The number of benzene rings is 3. The Morgan fingerprint density at radius 3 is 2.04 bits per heavy atom.